The van der Waals surface area contributed by atoms with Gasteiger partial charge in [0.05, 0.1) is 13.2 Å². The fraction of sp³-hybridized carbons (Fsp3) is 0.735. The lowest BCUT2D eigenvalue weighted by atomic mass is 9.43. The Bertz CT molecular complexity index is 3620. The topological polar surface area (TPSA) is 281 Å². The first-order valence-corrected chi connectivity index (χ1v) is 46.0. The van der Waals surface area contributed by atoms with Crippen LogP contribution < -0.4 is 9.47 Å². The fourth-order valence-electron chi connectivity index (χ4n) is 26.3. The summed E-state index contributed by atoms with van der Waals surface area (Å²) in [5.41, 5.74) is 2.56. The lowest BCUT2D eigenvalue weighted by Gasteiger charge is -2.64. The summed E-state index contributed by atoms with van der Waals surface area (Å²) in [5.74, 6) is 1.16. The van der Waals surface area contributed by atoms with Crippen molar-refractivity contribution in [1.82, 2.24) is 0 Å². The normalized spacial score (nSPS) is 35.5. The second-order valence-corrected chi connectivity index (χ2v) is 38.9. The maximum Gasteiger partial charge on any atom is 0.330 e. The fourth-order valence-corrected chi connectivity index (χ4v) is 26.3. The second-order valence-electron chi connectivity index (χ2n) is 38.9. The molecule has 2 aromatic carbocycles. The van der Waals surface area contributed by atoms with Gasteiger partial charge in [-0.3, -0.25) is 38.4 Å². The van der Waals surface area contributed by atoms with E-state index < -0.39 is 10.8 Å². The van der Waals surface area contributed by atoms with E-state index in [1.165, 1.54) is 12.2 Å². The molecule has 10 saturated carbocycles. The van der Waals surface area contributed by atoms with E-state index in [2.05, 4.69) is 65.8 Å². The van der Waals surface area contributed by atoms with Gasteiger partial charge in [0.1, 0.15) is 73.5 Å². The molecule has 0 saturated heterocycles. The Balaban J connectivity index is 0.577. The predicted octanol–water partition coefficient (Wildman–Crippen LogP) is 17.6. The third-order valence-electron chi connectivity index (χ3n) is 32.3. The summed E-state index contributed by atoms with van der Waals surface area (Å²) in [6, 6.07) is 16.0. The summed E-state index contributed by atoms with van der Waals surface area (Å²) in [5, 5.41) is 0. The summed E-state index contributed by atoms with van der Waals surface area (Å²) < 4.78 is 71.9. The molecule has 0 N–H and O–H groups in total. The van der Waals surface area contributed by atoms with Gasteiger partial charge in [0, 0.05) is 60.5 Å². The van der Waals surface area contributed by atoms with Gasteiger partial charge in [-0.25, -0.2) is 9.59 Å². The van der Waals surface area contributed by atoms with Gasteiger partial charge in [-0.1, -0.05) is 78.6 Å². The Labute approximate surface area is 711 Å². The standard InChI is InChI=1S/C98H138O22/c1-11-109-91(107)45-61(3)55-111-71-31-27-65(28-32-71)47-67-19-13-15-21-81(67)119-89(105)39-25-63(5)75-35-37-77-93-79(53-85(115-59-101)97(75,77)9)95(7)43-41-73(49-69(95)51-83(93)113-57-99)117-87(103)23-17-18-24-88(104)118-74-42-44-96(8)70(50-74)52-84(114-58-100)94-78-38-36-76(98(78,10)86(116-60-102)54-80(94)96)64(6)26-40-90(106)120-82-22-16-14-20-68(82)48-66-29-33-72(34-30-66)112-56-62(4)46-92(108)110-12-2/h27-34,45-46,57-60,63-64,67-70,73-86,93-94H,11-26,35-44,47-56H2,1-10H3/b61-45+,62-46+/t63-,64-,67+,68+,69+,70+,73-,74-,75-,76-,77+,78+,79+,80+,81-,82-,83-,84-,85+,86+,93+,94+,95+,96+,97-,98-/m1/s1. The molecule has 22 heteroatoms. The first-order chi connectivity index (χ1) is 57.8. The van der Waals surface area contributed by atoms with Crippen LogP contribution in [0.5, 0.6) is 11.5 Å². The SMILES string of the molecule is CCOC(=O)/C=C(\C)COc1ccc(C[C@@H]2CCCC[C@H]2OC(=O)CC[C@@H](C)[C@H]2CC[C@H]3[C@@H]4[C@H](OC=O)C[C@@H]5C[C@H](OC(=O)CCCCC(=O)O[C@@H]6CC[C@@]7(C)[C@@H](C6)C[C@@H](OC=O)[C@@H]6[C@@H]7C[C@H](OC=O)[C@]7(C)[C@@H]([C@H](C)CCC(=O)O[C@@H]8CCCC[C@H]8Cc8ccc(OC/C(C)=C/C(=O)OCC)cc8)CC[C@@H]67)CC[C@]5(C)[C@H]4C[C@H](OC=O)[C@]23C)cc1. The Morgan fingerprint density at radius 1 is 0.425 bits per heavy atom. The Kier molecular flexibility index (Phi) is 31.7. The zero-order valence-corrected chi connectivity index (χ0v) is 73.2. The van der Waals surface area contributed by atoms with Crippen LogP contribution in [0.1, 0.15) is 273 Å². The lowest BCUT2D eigenvalue weighted by Crippen LogP contribution is -2.63. The van der Waals surface area contributed by atoms with Crippen LogP contribution in [0.3, 0.4) is 0 Å². The highest BCUT2D eigenvalue weighted by molar-refractivity contribution is 5.83. The van der Waals surface area contributed by atoms with Gasteiger partial charge in [-0.05, 0) is 323 Å². The van der Waals surface area contributed by atoms with Gasteiger partial charge in [0.2, 0.25) is 0 Å². The van der Waals surface area contributed by atoms with Crippen molar-refractivity contribution in [2.24, 2.45) is 105 Å². The molecular formula is C98H138O22. The first-order valence-electron chi connectivity index (χ1n) is 46.0. The summed E-state index contributed by atoms with van der Waals surface area (Å²) in [4.78, 5) is 129. The molecule has 0 heterocycles. The Morgan fingerprint density at radius 2 is 0.800 bits per heavy atom. The molecule has 662 valence electrons. The van der Waals surface area contributed by atoms with Crippen molar-refractivity contribution in [3.8, 4) is 11.5 Å². The van der Waals surface area contributed by atoms with Crippen molar-refractivity contribution >= 4 is 61.7 Å². The van der Waals surface area contributed by atoms with Crippen LogP contribution >= 0.6 is 0 Å². The van der Waals surface area contributed by atoms with Gasteiger partial charge in [-0.2, -0.15) is 0 Å². The van der Waals surface area contributed by atoms with Gasteiger partial charge >= 0.3 is 35.8 Å². The number of unbranched alkanes of at least 4 members (excludes halogenated alkanes) is 1. The molecule has 2 aromatic rings. The zero-order chi connectivity index (χ0) is 85.5. The highest BCUT2D eigenvalue weighted by Gasteiger charge is 2.70. The smallest absolute Gasteiger partial charge is 0.330 e. The molecule has 0 amide bonds. The largest absolute Gasteiger partial charge is 0.489 e. The number of rotatable bonds is 39. The van der Waals surface area contributed by atoms with Crippen molar-refractivity contribution in [3.63, 3.8) is 0 Å². The van der Waals surface area contributed by atoms with E-state index in [1.54, 1.807) is 13.8 Å². The van der Waals surface area contributed by atoms with E-state index in [0.29, 0.717) is 128 Å². The molecule has 0 aliphatic heterocycles. The van der Waals surface area contributed by atoms with Crippen molar-refractivity contribution in [1.29, 1.82) is 0 Å². The summed E-state index contributed by atoms with van der Waals surface area (Å²) in [7, 11) is 0. The van der Waals surface area contributed by atoms with Crippen LogP contribution in [0.25, 0.3) is 0 Å². The van der Waals surface area contributed by atoms with E-state index in [0.717, 1.165) is 125 Å². The number of hydrogen-bond donors (Lipinski definition) is 0. The number of carbonyl (C=O) groups is 10. The average Bonchev–Trinajstić information content (AvgIpc) is 1.19. The molecule has 26 atom stereocenters. The molecule has 0 bridgehead atoms. The number of ether oxygens (including phenoxy) is 12. The summed E-state index contributed by atoms with van der Waals surface area (Å²) >= 11 is 0. The minimum Gasteiger partial charge on any atom is -0.489 e. The number of esters is 6. The minimum atomic E-state index is -0.427. The minimum absolute atomic E-state index is 0.0359. The second kappa shape index (κ2) is 41.6. The number of fused-ring (bicyclic) bond motifs is 10. The molecule has 12 rings (SSSR count). The predicted molar refractivity (Wildman–Crippen MR) is 446 cm³/mol. The van der Waals surface area contributed by atoms with Gasteiger partial charge in [0.15, 0.2) is 0 Å². The molecule has 0 unspecified atom stereocenters. The third kappa shape index (κ3) is 21.2. The van der Waals surface area contributed by atoms with Crippen molar-refractivity contribution in [2.45, 2.75) is 324 Å². The molecular weight excluding hydrogens is 1530 g/mol. The van der Waals surface area contributed by atoms with Gasteiger partial charge in [0.25, 0.3) is 25.9 Å². The van der Waals surface area contributed by atoms with E-state index in [9.17, 15) is 47.9 Å². The maximum absolute atomic E-state index is 13.9. The van der Waals surface area contributed by atoms with Crippen LogP contribution in [0.2, 0.25) is 0 Å². The van der Waals surface area contributed by atoms with Gasteiger partial charge < -0.3 is 56.8 Å². The Hall–Kier alpha value is -7.78. The highest BCUT2D eigenvalue weighted by atomic mass is 16.6. The highest BCUT2D eigenvalue weighted by Crippen LogP contribution is 2.72. The average molecular weight is 1670 g/mol. The van der Waals surface area contributed by atoms with E-state index in [-0.39, 0.29) is 217 Å². The van der Waals surface area contributed by atoms with Crippen molar-refractivity contribution < 1.29 is 105 Å². The first kappa shape index (κ1) is 91.4. The zero-order valence-electron chi connectivity index (χ0n) is 73.2. The molecule has 22 nitrogen and oxygen atoms in total. The molecule has 10 aliphatic carbocycles. The quantitative estimate of drug-likeness (QED) is 0.0198. The lowest BCUT2D eigenvalue weighted by molar-refractivity contribution is -0.219. The molecule has 0 spiro atoms. The van der Waals surface area contributed by atoms with E-state index >= 15 is 0 Å². The number of hydrogen-bond acceptors (Lipinski definition) is 22. The van der Waals surface area contributed by atoms with Crippen LogP contribution in [-0.2, 0) is 108 Å². The van der Waals surface area contributed by atoms with Crippen LogP contribution in [0.4, 0.5) is 0 Å². The maximum atomic E-state index is 13.9. The monoisotopic (exact) mass is 1670 g/mol. The number of benzene rings is 2. The summed E-state index contributed by atoms with van der Waals surface area (Å²) in [6.07, 6.45) is 23.1. The Morgan fingerprint density at radius 3 is 1.18 bits per heavy atom. The molecule has 0 radical (unpaired) electrons. The van der Waals surface area contributed by atoms with Crippen LogP contribution in [-0.4, -0.2) is 137 Å². The number of carbonyl (C=O) groups excluding carboxylic acids is 10. The molecule has 120 heavy (non-hydrogen) atoms. The van der Waals surface area contributed by atoms with Crippen molar-refractivity contribution in [3.05, 3.63) is 83.0 Å². The van der Waals surface area contributed by atoms with E-state index in [1.807, 2.05) is 38.1 Å². The van der Waals surface area contributed by atoms with Crippen LogP contribution in [0, 0.1) is 105 Å². The van der Waals surface area contributed by atoms with E-state index in [4.69, 9.17) is 56.8 Å². The van der Waals surface area contributed by atoms with Crippen LogP contribution in [0.15, 0.2) is 71.8 Å². The van der Waals surface area contributed by atoms with Gasteiger partial charge in [-0.15, -0.1) is 0 Å². The summed E-state index contributed by atoms with van der Waals surface area (Å²) in [6.45, 7) is 24.4. The molecule has 10 aliphatic rings. The van der Waals surface area contributed by atoms with Crippen molar-refractivity contribution in [2.75, 3.05) is 26.4 Å². The molecule has 0 aromatic heterocycles. The molecule has 10 fully saturated rings. The third-order valence-corrected chi connectivity index (χ3v) is 32.3.